The molecule has 1 amide bonds. The molecule has 5 aromatic rings. The number of anilines is 1. The quantitative estimate of drug-likeness (QED) is 0.390. The maximum absolute atomic E-state index is 12.8. The Morgan fingerprint density at radius 1 is 1.06 bits per heavy atom. The zero-order valence-electron chi connectivity index (χ0n) is 16.9. The van der Waals surface area contributed by atoms with Gasteiger partial charge in [-0.05, 0) is 48.0 Å². The third-order valence-electron chi connectivity index (χ3n) is 4.93. The van der Waals surface area contributed by atoms with Crippen molar-refractivity contribution in [2.24, 2.45) is 0 Å². The summed E-state index contributed by atoms with van der Waals surface area (Å²) in [6.07, 6.45) is 4.98. The highest BCUT2D eigenvalue weighted by molar-refractivity contribution is 7.98. The van der Waals surface area contributed by atoms with Crippen LogP contribution >= 0.6 is 11.8 Å². The lowest BCUT2D eigenvalue weighted by Gasteiger charge is -2.08. The van der Waals surface area contributed by atoms with Crippen LogP contribution in [-0.4, -0.2) is 20.4 Å². The van der Waals surface area contributed by atoms with Crippen molar-refractivity contribution in [1.82, 2.24) is 14.5 Å². The summed E-state index contributed by atoms with van der Waals surface area (Å²) in [5.41, 5.74) is 2.67. The second-order valence-electron chi connectivity index (χ2n) is 7.18. The molecule has 0 radical (unpaired) electrons. The molecular weight excluding hydrogens is 424 g/mol. The third kappa shape index (κ3) is 4.13. The number of para-hydroxylation sites is 1. The van der Waals surface area contributed by atoms with Gasteiger partial charge >= 0.3 is 0 Å². The zero-order valence-corrected chi connectivity index (χ0v) is 17.7. The normalized spacial score (nSPS) is 11.1. The Labute approximate surface area is 187 Å². The van der Waals surface area contributed by atoms with Gasteiger partial charge in [0.25, 0.3) is 5.56 Å². The van der Waals surface area contributed by atoms with Crippen LogP contribution in [0.15, 0.2) is 93.5 Å². The van der Waals surface area contributed by atoms with Crippen LogP contribution in [-0.2, 0) is 17.1 Å². The smallest absolute Gasteiger partial charge is 0.297 e. The molecule has 0 fully saturated rings. The average Bonchev–Trinajstić information content (AvgIpc) is 3.21. The predicted octanol–water partition coefficient (Wildman–Crippen LogP) is 4.47. The van der Waals surface area contributed by atoms with Crippen LogP contribution < -0.4 is 10.9 Å². The molecule has 2 aromatic carbocycles. The Hall–Kier alpha value is -3.91. The Morgan fingerprint density at radius 2 is 1.91 bits per heavy atom. The molecule has 0 aliphatic heterocycles. The fourth-order valence-corrected chi connectivity index (χ4v) is 4.20. The van der Waals surface area contributed by atoms with E-state index in [4.69, 9.17) is 4.42 Å². The van der Waals surface area contributed by atoms with Gasteiger partial charge in [-0.1, -0.05) is 18.2 Å². The van der Waals surface area contributed by atoms with Crippen molar-refractivity contribution in [2.75, 3.05) is 5.32 Å². The molecule has 0 saturated carbocycles. The van der Waals surface area contributed by atoms with Crippen LogP contribution in [0.4, 0.5) is 5.69 Å². The molecule has 32 heavy (non-hydrogen) atoms. The average molecular weight is 443 g/mol. The monoisotopic (exact) mass is 442 g/mol. The van der Waals surface area contributed by atoms with Crippen molar-refractivity contribution in [1.29, 1.82) is 0 Å². The molecular formula is C24H18N4O3S. The molecule has 1 N–H and O–H groups in total. The number of rotatable bonds is 6. The van der Waals surface area contributed by atoms with Gasteiger partial charge in [0.05, 0.1) is 6.33 Å². The first-order valence-electron chi connectivity index (χ1n) is 9.96. The molecule has 8 heteroatoms. The summed E-state index contributed by atoms with van der Waals surface area (Å²) in [6, 6.07) is 18.9. The van der Waals surface area contributed by atoms with Gasteiger partial charge in [-0.3, -0.25) is 19.1 Å². The first-order valence-corrected chi connectivity index (χ1v) is 10.9. The van der Waals surface area contributed by atoms with Gasteiger partial charge in [0.1, 0.15) is 17.6 Å². The van der Waals surface area contributed by atoms with Crippen molar-refractivity contribution >= 4 is 45.4 Å². The zero-order chi connectivity index (χ0) is 21.9. The lowest BCUT2D eigenvalue weighted by molar-refractivity contribution is -0.116. The number of furan rings is 1. The number of fused-ring (bicyclic) bond motifs is 3. The van der Waals surface area contributed by atoms with E-state index in [1.54, 1.807) is 24.0 Å². The Kier molecular flexibility index (Phi) is 5.43. The summed E-state index contributed by atoms with van der Waals surface area (Å²) >= 11 is 1.69. The number of carbonyl (C=O) groups is 1. The van der Waals surface area contributed by atoms with Crippen LogP contribution in [0, 0.1) is 0 Å². The first-order chi connectivity index (χ1) is 15.7. The van der Waals surface area contributed by atoms with Crippen LogP contribution in [0.5, 0.6) is 0 Å². The number of hydrogen-bond donors (Lipinski definition) is 1. The number of benzene rings is 2. The second-order valence-corrected chi connectivity index (χ2v) is 8.22. The van der Waals surface area contributed by atoms with E-state index in [1.165, 1.54) is 10.9 Å². The molecule has 0 spiro atoms. The van der Waals surface area contributed by atoms with Crippen LogP contribution in [0.1, 0.15) is 5.56 Å². The van der Waals surface area contributed by atoms with Gasteiger partial charge in [0, 0.05) is 34.1 Å². The maximum Gasteiger partial charge on any atom is 0.297 e. The molecule has 3 aromatic heterocycles. The van der Waals surface area contributed by atoms with Gasteiger partial charge in [-0.15, -0.1) is 11.8 Å². The van der Waals surface area contributed by atoms with Crippen LogP contribution in [0.2, 0.25) is 0 Å². The summed E-state index contributed by atoms with van der Waals surface area (Å²) in [5, 5.41) is 3.59. The van der Waals surface area contributed by atoms with Crippen LogP contribution in [0.3, 0.4) is 0 Å². The highest BCUT2D eigenvalue weighted by Crippen LogP contribution is 2.25. The predicted molar refractivity (Wildman–Crippen MR) is 125 cm³/mol. The molecule has 0 bridgehead atoms. The molecule has 0 atom stereocenters. The van der Waals surface area contributed by atoms with Crippen LogP contribution in [0.25, 0.3) is 22.1 Å². The Balaban J connectivity index is 1.25. The molecule has 5 rings (SSSR count). The largest absolute Gasteiger partial charge is 0.448 e. The number of nitrogens with one attached hydrogen (secondary N) is 1. The third-order valence-corrected chi connectivity index (χ3v) is 6.01. The van der Waals surface area contributed by atoms with Gasteiger partial charge in [-0.25, -0.2) is 4.98 Å². The number of amides is 1. The first kappa shape index (κ1) is 20.0. The van der Waals surface area contributed by atoms with E-state index in [9.17, 15) is 9.59 Å². The summed E-state index contributed by atoms with van der Waals surface area (Å²) in [5.74, 6) is 0.500. The minimum absolute atomic E-state index is 0.150. The van der Waals surface area contributed by atoms with Gasteiger partial charge in [0.2, 0.25) is 11.5 Å². The topological polar surface area (TPSA) is 90.0 Å². The van der Waals surface area contributed by atoms with Gasteiger partial charge in [0.15, 0.2) is 0 Å². The Bertz CT molecular complexity index is 1460. The summed E-state index contributed by atoms with van der Waals surface area (Å²) in [7, 11) is 0. The number of carbonyl (C=O) groups excluding carboxylic acids is 1. The van der Waals surface area contributed by atoms with Crippen molar-refractivity contribution < 1.29 is 9.21 Å². The van der Waals surface area contributed by atoms with E-state index in [0.717, 1.165) is 21.6 Å². The van der Waals surface area contributed by atoms with E-state index in [1.807, 2.05) is 60.8 Å². The number of aromatic nitrogens is 3. The molecule has 3 heterocycles. The minimum Gasteiger partial charge on any atom is -0.448 e. The summed E-state index contributed by atoms with van der Waals surface area (Å²) in [4.78, 5) is 34.8. The SMILES string of the molecule is O=C(Cn1cnc2c(oc3ccccc32)c1=O)Nc1ccc(SCc2cccnc2)cc1. The fourth-order valence-electron chi connectivity index (χ4n) is 3.37. The minimum atomic E-state index is -0.386. The molecule has 7 nitrogen and oxygen atoms in total. The molecule has 0 saturated heterocycles. The highest BCUT2D eigenvalue weighted by atomic mass is 32.2. The van der Waals surface area contributed by atoms with Crippen molar-refractivity contribution in [3.8, 4) is 0 Å². The number of hydrogen-bond acceptors (Lipinski definition) is 6. The number of pyridine rings is 1. The Morgan fingerprint density at radius 3 is 2.72 bits per heavy atom. The van der Waals surface area contributed by atoms with E-state index < -0.39 is 0 Å². The summed E-state index contributed by atoms with van der Waals surface area (Å²) < 4.78 is 6.91. The number of nitrogens with zero attached hydrogens (tertiary/aromatic N) is 3. The maximum atomic E-state index is 12.8. The van der Waals surface area contributed by atoms with E-state index >= 15 is 0 Å². The van der Waals surface area contributed by atoms with Gasteiger partial charge < -0.3 is 9.73 Å². The molecule has 0 unspecified atom stereocenters. The molecule has 0 aliphatic carbocycles. The van der Waals surface area contributed by atoms with Crippen molar-refractivity contribution in [2.45, 2.75) is 17.2 Å². The lowest BCUT2D eigenvalue weighted by atomic mass is 10.2. The standard InChI is InChI=1S/C24H18N4O3S/c29-21(27-17-7-9-18(10-8-17)32-14-16-4-3-11-25-12-16)13-28-15-26-22-19-5-1-2-6-20(19)31-23(22)24(28)30/h1-12,15H,13-14H2,(H,27,29). The van der Waals surface area contributed by atoms with Crippen molar-refractivity contribution in [3.63, 3.8) is 0 Å². The molecule has 0 aliphatic rings. The second kappa shape index (κ2) is 8.68. The van der Waals surface area contributed by atoms with Gasteiger partial charge in [-0.2, -0.15) is 0 Å². The fraction of sp³-hybridized carbons (Fsp3) is 0.0833. The van der Waals surface area contributed by atoms with E-state index in [2.05, 4.69) is 15.3 Å². The van der Waals surface area contributed by atoms with Crippen molar-refractivity contribution in [3.05, 3.63) is 95.3 Å². The highest BCUT2D eigenvalue weighted by Gasteiger charge is 2.14. The summed E-state index contributed by atoms with van der Waals surface area (Å²) in [6.45, 7) is -0.156. The van der Waals surface area contributed by atoms with E-state index in [-0.39, 0.29) is 23.6 Å². The molecule has 158 valence electrons. The lowest BCUT2D eigenvalue weighted by Crippen LogP contribution is -2.27. The van der Waals surface area contributed by atoms with E-state index in [0.29, 0.717) is 16.8 Å². The number of thioether (sulfide) groups is 1.